The molecule has 0 aliphatic heterocycles. The summed E-state index contributed by atoms with van der Waals surface area (Å²) in [6.07, 6.45) is 0. The van der Waals surface area contributed by atoms with Crippen molar-refractivity contribution >= 4 is 17.3 Å². The fourth-order valence-electron chi connectivity index (χ4n) is 1.70. The van der Waals surface area contributed by atoms with Crippen LogP contribution in [0.4, 0.5) is 21.7 Å². The lowest BCUT2D eigenvalue weighted by molar-refractivity contribution is 0.178. The summed E-state index contributed by atoms with van der Waals surface area (Å²) >= 11 is 0. The van der Waals surface area contributed by atoms with Crippen LogP contribution in [0.3, 0.4) is 0 Å². The minimum Gasteiger partial charge on any atom is -0.377 e. The average molecular weight is 276 g/mol. The third-order valence-electron chi connectivity index (χ3n) is 2.75. The van der Waals surface area contributed by atoms with Crippen LogP contribution in [0, 0.1) is 12.7 Å². The molecule has 0 fully saturated rings. The van der Waals surface area contributed by atoms with E-state index in [9.17, 15) is 4.39 Å². The molecule has 0 radical (unpaired) electrons. The molecule has 2 rings (SSSR count). The fourth-order valence-corrected chi connectivity index (χ4v) is 1.70. The predicted octanol–water partition coefficient (Wildman–Crippen LogP) is 2.86. The molecule has 6 heteroatoms. The molecule has 20 heavy (non-hydrogen) atoms. The highest BCUT2D eigenvalue weighted by molar-refractivity contribution is 5.59. The van der Waals surface area contributed by atoms with Gasteiger partial charge in [-0.25, -0.2) is 14.4 Å². The van der Waals surface area contributed by atoms with E-state index in [1.54, 1.807) is 39.3 Å². The Labute approximate surface area is 117 Å². The van der Waals surface area contributed by atoms with E-state index in [0.29, 0.717) is 35.3 Å². The SMILES string of the molecule is CNc1cc(Nc2ccc(C)c(F)c2)nc(COC)n1. The Morgan fingerprint density at radius 2 is 1.95 bits per heavy atom. The molecule has 0 unspecified atom stereocenters. The molecule has 5 nitrogen and oxygen atoms in total. The number of halogens is 1. The summed E-state index contributed by atoms with van der Waals surface area (Å²) in [5, 5.41) is 6.01. The maximum atomic E-state index is 13.5. The zero-order valence-electron chi connectivity index (χ0n) is 11.7. The van der Waals surface area contributed by atoms with E-state index < -0.39 is 0 Å². The molecular formula is C14H17FN4O. The van der Waals surface area contributed by atoms with Gasteiger partial charge >= 0.3 is 0 Å². The zero-order chi connectivity index (χ0) is 14.5. The van der Waals surface area contributed by atoms with Crippen LogP contribution in [0.5, 0.6) is 0 Å². The van der Waals surface area contributed by atoms with Crippen molar-refractivity contribution in [2.24, 2.45) is 0 Å². The number of rotatable bonds is 5. The van der Waals surface area contributed by atoms with Crippen molar-refractivity contribution in [3.05, 3.63) is 41.5 Å². The third kappa shape index (κ3) is 3.42. The van der Waals surface area contributed by atoms with Gasteiger partial charge < -0.3 is 15.4 Å². The zero-order valence-corrected chi connectivity index (χ0v) is 11.7. The highest BCUT2D eigenvalue weighted by Crippen LogP contribution is 2.19. The molecule has 0 spiro atoms. The highest BCUT2D eigenvalue weighted by atomic mass is 19.1. The Balaban J connectivity index is 2.27. The van der Waals surface area contributed by atoms with Crippen molar-refractivity contribution in [3.8, 4) is 0 Å². The van der Waals surface area contributed by atoms with E-state index in [4.69, 9.17) is 4.74 Å². The van der Waals surface area contributed by atoms with Gasteiger partial charge in [0.05, 0.1) is 0 Å². The molecular weight excluding hydrogens is 259 g/mol. The van der Waals surface area contributed by atoms with Crippen molar-refractivity contribution < 1.29 is 9.13 Å². The molecule has 0 saturated carbocycles. The first-order valence-electron chi connectivity index (χ1n) is 6.20. The topological polar surface area (TPSA) is 59.1 Å². The average Bonchev–Trinajstić information content (AvgIpc) is 2.43. The number of hydrogen-bond donors (Lipinski definition) is 2. The maximum absolute atomic E-state index is 13.5. The number of methoxy groups -OCH3 is 1. The number of hydrogen-bond acceptors (Lipinski definition) is 5. The quantitative estimate of drug-likeness (QED) is 0.879. The van der Waals surface area contributed by atoms with Gasteiger partial charge in [-0.3, -0.25) is 0 Å². The Hall–Kier alpha value is -2.21. The summed E-state index contributed by atoms with van der Waals surface area (Å²) in [5.41, 5.74) is 1.24. The van der Waals surface area contributed by atoms with Gasteiger partial charge in [0.2, 0.25) is 0 Å². The van der Waals surface area contributed by atoms with E-state index in [0.717, 1.165) is 0 Å². The minimum absolute atomic E-state index is 0.255. The van der Waals surface area contributed by atoms with Crippen LogP contribution in [0.1, 0.15) is 11.4 Å². The van der Waals surface area contributed by atoms with E-state index in [-0.39, 0.29) is 5.82 Å². The molecule has 0 amide bonds. The molecule has 1 aromatic carbocycles. The predicted molar refractivity (Wildman–Crippen MR) is 76.7 cm³/mol. The molecule has 106 valence electrons. The number of ether oxygens (including phenoxy) is 1. The van der Waals surface area contributed by atoms with Crippen LogP contribution in [0.25, 0.3) is 0 Å². The van der Waals surface area contributed by atoms with Crippen molar-refractivity contribution in [3.63, 3.8) is 0 Å². The van der Waals surface area contributed by atoms with Crippen LogP contribution >= 0.6 is 0 Å². The largest absolute Gasteiger partial charge is 0.377 e. The van der Waals surface area contributed by atoms with Gasteiger partial charge in [-0.05, 0) is 24.6 Å². The van der Waals surface area contributed by atoms with Crippen molar-refractivity contribution in [2.75, 3.05) is 24.8 Å². The molecule has 1 aromatic heterocycles. The minimum atomic E-state index is -0.255. The Morgan fingerprint density at radius 1 is 1.20 bits per heavy atom. The number of anilines is 3. The van der Waals surface area contributed by atoms with Crippen molar-refractivity contribution in [1.29, 1.82) is 0 Å². The van der Waals surface area contributed by atoms with Gasteiger partial charge in [0.25, 0.3) is 0 Å². The first kappa shape index (κ1) is 14.2. The van der Waals surface area contributed by atoms with Gasteiger partial charge in [0.1, 0.15) is 24.1 Å². The van der Waals surface area contributed by atoms with Crippen molar-refractivity contribution in [1.82, 2.24) is 9.97 Å². The summed E-state index contributed by atoms with van der Waals surface area (Å²) in [5.74, 6) is 1.55. The van der Waals surface area contributed by atoms with Crippen molar-refractivity contribution in [2.45, 2.75) is 13.5 Å². The second kappa shape index (κ2) is 6.29. The molecule has 0 bridgehead atoms. The molecule has 2 N–H and O–H groups in total. The second-order valence-electron chi connectivity index (χ2n) is 4.33. The summed E-state index contributed by atoms with van der Waals surface area (Å²) in [6.45, 7) is 2.03. The van der Waals surface area contributed by atoms with Gasteiger partial charge in [-0.2, -0.15) is 0 Å². The molecule has 0 atom stereocenters. The summed E-state index contributed by atoms with van der Waals surface area (Å²) < 4.78 is 18.5. The smallest absolute Gasteiger partial charge is 0.158 e. The first-order chi connectivity index (χ1) is 9.62. The normalized spacial score (nSPS) is 10.4. The van der Waals surface area contributed by atoms with E-state index in [2.05, 4.69) is 20.6 Å². The van der Waals surface area contributed by atoms with E-state index in [1.807, 2.05) is 0 Å². The Bertz CT molecular complexity index is 604. The van der Waals surface area contributed by atoms with Gasteiger partial charge in [-0.15, -0.1) is 0 Å². The fraction of sp³-hybridized carbons (Fsp3) is 0.286. The van der Waals surface area contributed by atoms with E-state index in [1.165, 1.54) is 6.07 Å². The summed E-state index contributed by atoms with van der Waals surface area (Å²) in [6, 6.07) is 6.70. The molecule has 0 aliphatic carbocycles. The molecule has 1 heterocycles. The number of aromatic nitrogens is 2. The van der Waals surface area contributed by atoms with Gasteiger partial charge in [0.15, 0.2) is 5.82 Å². The Kier molecular flexibility index (Phi) is 4.47. The molecule has 2 aromatic rings. The van der Waals surface area contributed by atoms with Crippen LogP contribution < -0.4 is 10.6 Å². The number of benzene rings is 1. The van der Waals surface area contributed by atoms with E-state index >= 15 is 0 Å². The lowest BCUT2D eigenvalue weighted by Crippen LogP contribution is -2.04. The van der Waals surface area contributed by atoms with Crippen LogP contribution in [0.2, 0.25) is 0 Å². The molecule has 0 saturated heterocycles. The monoisotopic (exact) mass is 276 g/mol. The Morgan fingerprint density at radius 3 is 2.60 bits per heavy atom. The second-order valence-corrected chi connectivity index (χ2v) is 4.33. The highest BCUT2D eigenvalue weighted by Gasteiger charge is 2.05. The first-order valence-corrected chi connectivity index (χ1v) is 6.20. The standard InChI is InChI=1S/C14H17FN4O/c1-9-4-5-10(6-11(9)15)17-13-7-12(16-2)18-14(19-13)8-20-3/h4-7H,8H2,1-3H3,(H2,16,17,18,19). The lowest BCUT2D eigenvalue weighted by atomic mass is 10.2. The summed E-state index contributed by atoms with van der Waals surface area (Å²) in [7, 11) is 3.35. The van der Waals surface area contributed by atoms with Gasteiger partial charge in [0, 0.05) is 25.9 Å². The van der Waals surface area contributed by atoms with Crippen LogP contribution in [-0.2, 0) is 11.3 Å². The van der Waals surface area contributed by atoms with Gasteiger partial charge in [-0.1, -0.05) is 6.07 Å². The number of aryl methyl sites for hydroxylation is 1. The molecule has 0 aliphatic rings. The number of nitrogens with zero attached hydrogens (tertiary/aromatic N) is 2. The van der Waals surface area contributed by atoms with Crippen LogP contribution in [-0.4, -0.2) is 24.1 Å². The number of nitrogens with one attached hydrogen (secondary N) is 2. The van der Waals surface area contributed by atoms with Crippen LogP contribution in [0.15, 0.2) is 24.3 Å². The third-order valence-corrected chi connectivity index (χ3v) is 2.75. The summed E-state index contributed by atoms with van der Waals surface area (Å²) in [4.78, 5) is 8.56. The maximum Gasteiger partial charge on any atom is 0.158 e. The lowest BCUT2D eigenvalue weighted by Gasteiger charge is -2.10.